The third-order valence-electron chi connectivity index (χ3n) is 2.42. The largest absolute Gasteiger partial charge is 0.481 e. The zero-order valence-electron chi connectivity index (χ0n) is 9.29. The van der Waals surface area contributed by atoms with Crippen LogP contribution in [0.4, 0.5) is 0 Å². The molecule has 0 bridgehead atoms. The second kappa shape index (κ2) is 5.98. The lowest BCUT2D eigenvalue weighted by Gasteiger charge is -2.29. The lowest BCUT2D eigenvalue weighted by Crippen LogP contribution is -2.41. The molecule has 1 unspecified atom stereocenters. The molecule has 0 aromatic rings. The van der Waals surface area contributed by atoms with Gasteiger partial charge in [-0.1, -0.05) is 13.8 Å². The lowest BCUT2D eigenvalue weighted by atomic mass is 10.0. The number of aliphatic carboxylic acids is 1. The molecule has 84 valence electrons. The quantitative estimate of drug-likeness (QED) is 0.646. The molecule has 0 aliphatic rings. The van der Waals surface area contributed by atoms with Gasteiger partial charge in [0.15, 0.2) is 0 Å². The minimum Gasteiger partial charge on any atom is -0.481 e. The second-order valence-corrected chi connectivity index (χ2v) is 3.86. The molecule has 0 saturated heterocycles. The number of hydrogen-bond donors (Lipinski definition) is 2. The predicted molar refractivity (Wildman–Crippen MR) is 55.3 cm³/mol. The highest BCUT2D eigenvalue weighted by Gasteiger charge is 2.21. The van der Waals surface area contributed by atoms with Gasteiger partial charge in [0.05, 0.1) is 12.0 Å². The van der Waals surface area contributed by atoms with Crippen molar-refractivity contribution in [2.45, 2.75) is 39.2 Å². The van der Waals surface area contributed by atoms with E-state index in [9.17, 15) is 9.90 Å². The third kappa shape index (κ3) is 5.94. The van der Waals surface area contributed by atoms with E-state index in [4.69, 9.17) is 5.11 Å². The third-order valence-corrected chi connectivity index (χ3v) is 2.42. The Bertz CT molecular complexity index is 180. The smallest absolute Gasteiger partial charge is 0.304 e. The first kappa shape index (κ1) is 13.4. The van der Waals surface area contributed by atoms with Gasteiger partial charge in [0.25, 0.3) is 0 Å². The Balaban J connectivity index is 3.96. The van der Waals surface area contributed by atoms with Gasteiger partial charge in [-0.15, -0.1) is 0 Å². The van der Waals surface area contributed by atoms with Gasteiger partial charge >= 0.3 is 5.97 Å². The van der Waals surface area contributed by atoms with Crippen molar-refractivity contribution in [3.05, 3.63) is 0 Å². The molecule has 0 aliphatic heterocycles. The summed E-state index contributed by atoms with van der Waals surface area (Å²) in [5.41, 5.74) is -0.714. The molecule has 0 aromatic carbocycles. The molecule has 0 heterocycles. The summed E-state index contributed by atoms with van der Waals surface area (Å²) in [6.07, 6.45) is 0.810. The van der Waals surface area contributed by atoms with Gasteiger partial charge in [0, 0.05) is 13.1 Å². The summed E-state index contributed by atoms with van der Waals surface area (Å²) in [6, 6.07) is 0. The summed E-state index contributed by atoms with van der Waals surface area (Å²) in [6.45, 7) is 7.47. The molecule has 0 fully saturated rings. The Hall–Kier alpha value is -0.610. The number of rotatable bonds is 7. The van der Waals surface area contributed by atoms with Crippen molar-refractivity contribution in [3.8, 4) is 0 Å². The number of carboxylic acid groups (broad SMARTS) is 1. The fourth-order valence-corrected chi connectivity index (χ4v) is 1.20. The molecule has 4 nitrogen and oxygen atoms in total. The molecule has 0 radical (unpaired) electrons. The second-order valence-electron chi connectivity index (χ2n) is 3.86. The standard InChI is InChI=1S/C10H21NO3/c1-4-10(3,14)8-11(5-2)7-6-9(12)13/h14H,4-8H2,1-3H3,(H,12,13). The van der Waals surface area contributed by atoms with E-state index in [1.807, 2.05) is 18.7 Å². The van der Waals surface area contributed by atoms with E-state index in [-0.39, 0.29) is 6.42 Å². The Morgan fingerprint density at radius 1 is 1.43 bits per heavy atom. The summed E-state index contributed by atoms with van der Waals surface area (Å²) in [4.78, 5) is 12.3. The number of carboxylic acids is 1. The monoisotopic (exact) mass is 203 g/mol. The molecule has 0 amide bonds. The van der Waals surface area contributed by atoms with Gasteiger partial charge in [0.1, 0.15) is 0 Å². The van der Waals surface area contributed by atoms with Crippen LogP contribution in [-0.4, -0.2) is 46.3 Å². The molecular weight excluding hydrogens is 182 g/mol. The number of carbonyl (C=O) groups is 1. The fourth-order valence-electron chi connectivity index (χ4n) is 1.20. The van der Waals surface area contributed by atoms with Crippen molar-refractivity contribution in [1.29, 1.82) is 0 Å². The number of nitrogens with zero attached hydrogens (tertiary/aromatic N) is 1. The molecule has 4 heteroatoms. The predicted octanol–water partition coefficient (Wildman–Crippen LogP) is 0.944. The molecule has 0 spiro atoms. The van der Waals surface area contributed by atoms with E-state index in [0.29, 0.717) is 19.5 Å². The zero-order chi connectivity index (χ0) is 11.2. The van der Waals surface area contributed by atoms with Crippen molar-refractivity contribution in [2.75, 3.05) is 19.6 Å². The van der Waals surface area contributed by atoms with E-state index in [0.717, 1.165) is 6.54 Å². The van der Waals surface area contributed by atoms with Gasteiger partial charge in [-0.3, -0.25) is 4.79 Å². The van der Waals surface area contributed by atoms with E-state index < -0.39 is 11.6 Å². The van der Waals surface area contributed by atoms with Crippen molar-refractivity contribution >= 4 is 5.97 Å². The SMILES string of the molecule is CCN(CCC(=O)O)CC(C)(O)CC. The lowest BCUT2D eigenvalue weighted by molar-refractivity contribution is -0.137. The van der Waals surface area contributed by atoms with Crippen LogP contribution in [-0.2, 0) is 4.79 Å². The average molecular weight is 203 g/mol. The molecule has 14 heavy (non-hydrogen) atoms. The van der Waals surface area contributed by atoms with E-state index in [2.05, 4.69) is 0 Å². The molecule has 0 saturated carbocycles. The van der Waals surface area contributed by atoms with Crippen LogP contribution in [0.3, 0.4) is 0 Å². The molecule has 2 N–H and O–H groups in total. The molecule has 0 aromatic heterocycles. The van der Waals surface area contributed by atoms with Crippen LogP contribution < -0.4 is 0 Å². The van der Waals surface area contributed by atoms with Gasteiger partial charge < -0.3 is 15.1 Å². The summed E-state index contributed by atoms with van der Waals surface area (Å²) in [5, 5.41) is 18.3. The summed E-state index contributed by atoms with van der Waals surface area (Å²) in [7, 11) is 0. The highest BCUT2D eigenvalue weighted by molar-refractivity contribution is 5.66. The minimum absolute atomic E-state index is 0.133. The Morgan fingerprint density at radius 3 is 2.36 bits per heavy atom. The van der Waals surface area contributed by atoms with Crippen LogP contribution >= 0.6 is 0 Å². The normalized spacial score (nSPS) is 15.5. The Kier molecular flexibility index (Phi) is 5.72. The maximum atomic E-state index is 10.4. The van der Waals surface area contributed by atoms with Gasteiger partial charge in [-0.05, 0) is 19.9 Å². The molecule has 1 atom stereocenters. The maximum absolute atomic E-state index is 10.4. The highest BCUT2D eigenvalue weighted by Crippen LogP contribution is 2.10. The highest BCUT2D eigenvalue weighted by atomic mass is 16.4. The van der Waals surface area contributed by atoms with Crippen LogP contribution in [0, 0.1) is 0 Å². The Morgan fingerprint density at radius 2 is 2.00 bits per heavy atom. The van der Waals surface area contributed by atoms with E-state index in [1.165, 1.54) is 0 Å². The van der Waals surface area contributed by atoms with Gasteiger partial charge in [-0.25, -0.2) is 0 Å². The number of likely N-dealkylation sites (N-methyl/N-ethyl adjacent to an activating group) is 1. The van der Waals surface area contributed by atoms with Crippen LogP contribution in [0.2, 0.25) is 0 Å². The van der Waals surface area contributed by atoms with Gasteiger partial charge in [0.2, 0.25) is 0 Å². The molecular formula is C10H21NO3. The maximum Gasteiger partial charge on any atom is 0.304 e. The average Bonchev–Trinajstić information content (AvgIpc) is 2.12. The first-order valence-electron chi connectivity index (χ1n) is 5.07. The molecule has 0 rings (SSSR count). The van der Waals surface area contributed by atoms with Crippen molar-refractivity contribution in [1.82, 2.24) is 4.90 Å². The van der Waals surface area contributed by atoms with Gasteiger partial charge in [-0.2, -0.15) is 0 Å². The topological polar surface area (TPSA) is 60.8 Å². The zero-order valence-corrected chi connectivity index (χ0v) is 9.29. The minimum atomic E-state index is -0.792. The summed E-state index contributed by atoms with van der Waals surface area (Å²) >= 11 is 0. The first-order chi connectivity index (χ1) is 6.41. The van der Waals surface area contributed by atoms with E-state index >= 15 is 0 Å². The van der Waals surface area contributed by atoms with Crippen molar-refractivity contribution in [2.24, 2.45) is 0 Å². The van der Waals surface area contributed by atoms with Crippen molar-refractivity contribution < 1.29 is 15.0 Å². The van der Waals surface area contributed by atoms with Crippen LogP contribution in [0.25, 0.3) is 0 Å². The molecule has 0 aliphatic carbocycles. The summed E-state index contributed by atoms with van der Waals surface area (Å²) in [5.74, 6) is -0.792. The van der Waals surface area contributed by atoms with Crippen molar-refractivity contribution in [3.63, 3.8) is 0 Å². The van der Waals surface area contributed by atoms with Crippen LogP contribution in [0.1, 0.15) is 33.6 Å². The first-order valence-corrected chi connectivity index (χ1v) is 5.07. The fraction of sp³-hybridized carbons (Fsp3) is 0.900. The van der Waals surface area contributed by atoms with Crippen LogP contribution in [0.5, 0.6) is 0 Å². The Labute approximate surface area is 85.5 Å². The van der Waals surface area contributed by atoms with E-state index in [1.54, 1.807) is 6.92 Å². The number of aliphatic hydroxyl groups is 1. The van der Waals surface area contributed by atoms with Crippen LogP contribution in [0.15, 0.2) is 0 Å². The summed E-state index contributed by atoms with van der Waals surface area (Å²) < 4.78 is 0. The number of hydrogen-bond acceptors (Lipinski definition) is 3.